The summed E-state index contributed by atoms with van der Waals surface area (Å²) in [6.45, 7) is 3.83. The van der Waals surface area contributed by atoms with Gasteiger partial charge in [-0.15, -0.1) is 0 Å². The highest BCUT2D eigenvalue weighted by Crippen LogP contribution is 2.44. The zero-order valence-electron chi connectivity index (χ0n) is 16.0. The number of carbonyl (C=O) groups is 1. The Morgan fingerprint density at radius 1 is 0.966 bits per heavy atom. The van der Waals surface area contributed by atoms with Crippen LogP contribution in [0.4, 0.5) is 8.78 Å². The van der Waals surface area contributed by atoms with Crippen molar-refractivity contribution < 1.29 is 18.7 Å². The molecule has 0 radical (unpaired) electrons. The molecule has 0 saturated heterocycles. The summed E-state index contributed by atoms with van der Waals surface area (Å²) in [5, 5.41) is 23.3. The largest absolute Gasteiger partial charge is 0.480 e. The zero-order valence-corrected chi connectivity index (χ0v) is 16.0. The number of rotatable bonds is 6. The molecule has 0 bridgehead atoms. The Morgan fingerprint density at radius 3 is 1.79 bits per heavy atom. The predicted octanol–water partition coefficient (Wildman–Crippen LogP) is 4.52. The van der Waals surface area contributed by atoms with Crippen molar-refractivity contribution in [1.82, 2.24) is 20.4 Å². The van der Waals surface area contributed by atoms with E-state index in [0.29, 0.717) is 35.0 Å². The molecule has 4 aromatic rings. The van der Waals surface area contributed by atoms with Gasteiger partial charge in [-0.05, 0) is 41.3 Å². The van der Waals surface area contributed by atoms with E-state index in [-0.39, 0.29) is 16.7 Å². The van der Waals surface area contributed by atoms with E-state index < -0.39 is 23.3 Å². The van der Waals surface area contributed by atoms with Crippen LogP contribution in [0.1, 0.15) is 37.8 Å². The molecule has 150 valence electrons. The number of nitrogens with zero attached hydrogens (tertiary/aromatic N) is 2. The minimum atomic E-state index is -1.49. The van der Waals surface area contributed by atoms with E-state index in [9.17, 15) is 18.7 Å². The van der Waals surface area contributed by atoms with Crippen molar-refractivity contribution in [1.29, 1.82) is 0 Å². The highest BCUT2D eigenvalue weighted by atomic mass is 19.1. The topological polar surface area (TPSA) is 94.7 Å². The van der Waals surface area contributed by atoms with Gasteiger partial charge in [-0.25, -0.2) is 0 Å². The van der Waals surface area contributed by atoms with Crippen LogP contribution in [0, 0.1) is 17.8 Å². The second-order valence-corrected chi connectivity index (χ2v) is 7.17. The van der Waals surface area contributed by atoms with Gasteiger partial charge in [0, 0.05) is 0 Å². The maximum atomic E-state index is 14.2. The first kappa shape index (κ1) is 19.0. The van der Waals surface area contributed by atoms with E-state index in [1.165, 1.54) is 12.1 Å². The van der Waals surface area contributed by atoms with Crippen LogP contribution < -0.4 is 0 Å². The number of aliphatic carboxylic acids is 1. The van der Waals surface area contributed by atoms with Crippen LogP contribution in [0.3, 0.4) is 0 Å². The number of aromatic amines is 2. The highest BCUT2D eigenvalue weighted by molar-refractivity contribution is 5.91. The Kier molecular flexibility index (Phi) is 4.56. The van der Waals surface area contributed by atoms with Crippen LogP contribution in [0.25, 0.3) is 21.8 Å². The fraction of sp³-hybridized carbons (Fsp3) is 0.286. The summed E-state index contributed by atoms with van der Waals surface area (Å²) in [6.07, 6.45) is 1.14. The molecule has 2 aromatic carbocycles. The van der Waals surface area contributed by atoms with Crippen molar-refractivity contribution in [2.24, 2.45) is 5.92 Å². The number of carboxylic acids is 1. The summed E-state index contributed by atoms with van der Waals surface area (Å²) in [7, 11) is 0. The molecule has 3 N–H and O–H groups in total. The molecule has 0 aliphatic carbocycles. The molecule has 0 aliphatic heterocycles. The van der Waals surface area contributed by atoms with E-state index in [1.54, 1.807) is 24.3 Å². The highest BCUT2D eigenvalue weighted by Gasteiger charge is 2.48. The number of fused-ring (bicyclic) bond motifs is 2. The predicted molar refractivity (Wildman–Crippen MR) is 105 cm³/mol. The quantitative estimate of drug-likeness (QED) is 0.445. The van der Waals surface area contributed by atoms with Gasteiger partial charge in [-0.2, -0.15) is 19.0 Å². The van der Waals surface area contributed by atoms with Gasteiger partial charge in [0.25, 0.3) is 0 Å². The number of hydrogen-bond donors (Lipinski definition) is 3. The molecule has 0 aliphatic rings. The molecule has 2 aromatic heterocycles. The molecule has 4 rings (SSSR count). The van der Waals surface area contributed by atoms with Gasteiger partial charge in [0.15, 0.2) is 0 Å². The molecular weight excluding hydrogens is 378 g/mol. The van der Waals surface area contributed by atoms with Gasteiger partial charge < -0.3 is 5.11 Å². The fourth-order valence-electron chi connectivity index (χ4n) is 4.41. The van der Waals surface area contributed by atoms with Crippen molar-refractivity contribution >= 4 is 27.8 Å². The Labute approximate surface area is 164 Å². The first-order chi connectivity index (χ1) is 13.9. The van der Waals surface area contributed by atoms with Crippen LogP contribution >= 0.6 is 0 Å². The summed E-state index contributed by atoms with van der Waals surface area (Å²) in [5.41, 5.74) is 0.182. The number of aromatic nitrogens is 4. The van der Waals surface area contributed by atoms with Crippen LogP contribution in [0.5, 0.6) is 0 Å². The van der Waals surface area contributed by atoms with Crippen molar-refractivity contribution in [3.05, 3.63) is 59.4 Å². The van der Waals surface area contributed by atoms with Crippen LogP contribution in [-0.2, 0) is 10.2 Å². The third kappa shape index (κ3) is 2.70. The number of nitrogens with one attached hydrogen (secondary N) is 2. The summed E-state index contributed by atoms with van der Waals surface area (Å²) in [6, 6.07) is 9.56. The van der Waals surface area contributed by atoms with E-state index in [1.807, 2.05) is 13.8 Å². The standard InChI is InChI=1S/C21H20F2N4O2/c1-3-11(4-2)21(20(28)29,12-5-7-16-14(9-12)18(22)26-24-16)13-6-8-17-15(10-13)19(23)27-25-17/h5-11H,3-4H2,1-2H3,(H,24,26)(H,25,27)(H,28,29). The van der Waals surface area contributed by atoms with Gasteiger partial charge in [-0.1, -0.05) is 38.8 Å². The molecule has 0 spiro atoms. The Morgan fingerprint density at radius 2 is 1.41 bits per heavy atom. The number of carboxylic acid groups (broad SMARTS) is 1. The lowest BCUT2D eigenvalue weighted by atomic mass is 9.63. The van der Waals surface area contributed by atoms with Gasteiger partial charge >= 0.3 is 5.97 Å². The van der Waals surface area contributed by atoms with E-state index >= 15 is 0 Å². The van der Waals surface area contributed by atoms with Gasteiger partial charge in [0.05, 0.1) is 21.8 Å². The molecule has 29 heavy (non-hydrogen) atoms. The number of H-pyrrole nitrogens is 2. The van der Waals surface area contributed by atoms with Crippen molar-refractivity contribution in [3.8, 4) is 0 Å². The van der Waals surface area contributed by atoms with E-state index in [2.05, 4.69) is 20.4 Å². The maximum absolute atomic E-state index is 14.2. The van der Waals surface area contributed by atoms with E-state index in [4.69, 9.17) is 0 Å². The van der Waals surface area contributed by atoms with Gasteiger partial charge in [-0.3, -0.25) is 15.0 Å². The summed E-state index contributed by atoms with van der Waals surface area (Å²) in [5.74, 6) is -2.62. The third-order valence-corrected chi connectivity index (χ3v) is 5.86. The molecule has 0 saturated carbocycles. The van der Waals surface area contributed by atoms with E-state index in [0.717, 1.165) is 0 Å². The van der Waals surface area contributed by atoms with Crippen molar-refractivity contribution in [3.63, 3.8) is 0 Å². The molecular formula is C21H20F2N4O2. The molecule has 2 heterocycles. The number of hydrogen-bond acceptors (Lipinski definition) is 3. The smallest absolute Gasteiger partial charge is 0.318 e. The first-order valence-corrected chi connectivity index (χ1v) is 9.45. The van der Waals surface area contributed by atoms with Crippen molar-refractivity contribution in [2.45, 2.75) is 32.1 Å². The summed E-state index contributed by atoms with van der Waals surface area (Å²) >= 11 is 0. The van der Waals surface area contributed by atoms with Gasteiger partial charge in [0.2, 0.25) is 11.9 Å². The number of benzene rings is 2. The summed E-state index contributed by atoms with van der Waals surface area (Å²) in [4.78, 5) is 12.9. The van der Waals surface area contributed by atoms with Crippen LogP contribution in [0.2, 0.25) is 0 Å². The fourth-order valence-corrected chi connectivity index (χ4v) is 4.41. The van der Waals surface area contributed by atoms with Gasteiger partial charge in [0.1, 0.15) is 5.41 Å². The molecule has 0 atom stereocenters. The molecule has 0 amide bonds. The lowest BCUT2D eigenvalue weighted by Crippen LogP contribution is -2.44. The Balaban J connectivity index is 2.07. The zero-order chi connectivity index (χ0) is 20.8. The average molecular weight is 398 g/mol. The number of halogens is 2. The monoisotopic (exact) mass is 398 g/mol. The maximum Gasteiger partial charge on any atom is 0.318 e. The second-order valence-electron chi connectivity index (χ2n) is 7.17. The third-order valence-electron chi connectivity index (χ3n) is 5.86. The molecule has 0 unspecified atom stereocenters. The first-order valence-electron chi connectivity index (χ1n) is 9.45. The normalized spacial score (nSPS) is 12.3. The summed E-state index contributed by atoms with van der Waals surface area (Å²) < 4.78 is 28.3. The lowest BCUT2D eigenvalue weighted by molar-refractivity contribution is -0.144. The Bertz CT molecular complexity index is 1130. The molecule has 8 heteroatoms. The molecule has 0 fully saturated rings. The van der Waals surface area contributed by atoms with Crippen molar-refractivity contribution in [2.75, 3.05) is 0 Å². The average Bonchev–Trinajstić information content (AvgIpc) is 3.28. The second kappa shape index (κ2) is 6.95. The minimum absolute atomic E-state index is 0.217. The van der Waals surface area contributed by atoms with Crippen LogP contribution in [-0.4, -0.2) is 31.5 Å². The minimum Gasteiger partial charge on any atom is -0.480 e. The molecule has 6 nitrogen and oxygen atoms in total. The lowest BCUT2D eigenvalue weighted by Gasteiger charge is -2.37. The Hall–Kier alpha value is -3.29. The van der Waals surface area contributed by atoms with Crippen LogP contribution in [0.15, 0.2) is 36.4 Å². The SMILES string of the molecule is CCC(CC)C(C(=O)O)(c1ccc2n[nH]c(F)c2c1)c1ccc2n[nH]c(F)c2c1.